The SMILES string of the molecule is CCc1ccc(CC)c2sccc12. The summed E-state index contributed by atoms with van der Waals surface area (Å²) < 4.78 is 1.49. The highest BCUT2D eigenvalue weighted by Gasteiger charge is 2.04. The molecule has 0 atom stereocenters. The minimum Gasteiger partial charge on any atom is -0.144 e. The summed E-state index contributed by atoms with van der Waals surface area (Å²) in [6.07, 6.45) is 2.28. The molecule has 0 aliphatic heterocycles. The first kappa shape index (κ1) is 8.76. The topological polar surface area (TPSA) is 0 Å². The summed E-state index contributed by atoms with van der Waals surface area (Å²) >= 11 is 1.87. The summed E-state index contributed by atoms with van der Waals surface area (Å²) in [7, 11) is 0. The smallest absolute Gasteiger partial charge is 0.0377 e. The van der Waals surface area contributed by atoms with Crippen molar-refractivity contribution in [3.05, 3.63) is 34.7 Å². The molecule has 0 unspecified atom stereocenters. The Morgan fingerprint density at radius 3 is 2.38 bits per heavy atom. The number of rotatable bonds is 2. The van der Waals surface area contributed by atoms with E-state index >= 15 is 0 Å². The van der Waals surface area contributed by atoms with Gasteiger partial charge in [0, 0.05) is 4.70 Å². The van der Waals surface area contributed by atoms with Crippen LogP contribution >= 0.6 is 11.3 Å². The Labute approximate surface area is 83.2 Å². The molecule has 0 saturated heterocycles. The molecule has 2 rings (SSSR count). The van der Waals surface area contributed by atoms with E-state index in [2.05, 4.69) is 37.4 Å². The molecular weight excluding hydrogens is 176 g/mol. The van der Waals surface area contributed by atoms with E-state index in [4.69, 9.17) is 0 Å². The van der Waals surface area contributed by atoms with Crippen LogP contribution in [-0.4, -0.2) is 0 Å². The number of benzene rings is 1. The van der Waals surface area contributed by atoms with Gasteiger partial charge in [0.1, 0.15) is 0 Å². The van der Waals surface area contributed by atoms with Gasteiger partial charge in [0.15, 0.2) is 0 Å². The van der Waals surface area contributed by atoms with Crippen LogP contribution in [0.4, 0.5) is 0 Å². The molecule has 0 bridgehead atoms. The number of hydrogen-bond donors (Lipinski definition) is 0. The second kappa shape index (κ2) is 3.51. The van der Waals surface area contributed by atoms with Crippen molar-refractivity contribution in [1.29, 1.82) is 0 Å². The maximum Gasteiger partial charge on any atom is 0.0377 e. The quantitative estimate of drug-likeness (QED) is 0.670. The van der Waals surface area contributed by atoms with Gasteiger partial charge in [-0.1, -0.05) is 26.0 Å². The van der Waals surface area contributed by atoms with Crippen molar-refractivity contribution >= 4 is 21.4 Å². The summed E-state index contributed by atoms with van der Waals surface area (Å²) in [6, 6.07) is 6.80. The molecule has 0 nitrogen and oxygen atoms in total. The van der Waals surface area contributed by atoms with Crippen LogP contribution in [0.2, 0.25) is 0 Å². The minimum atomic E-state index is 1.14. The van der Waals surface area contributed by atoms with Crippen LogP contribution in [0.15, 0.2) is 23.6 Å². The lowest BCUT2D eigenvalue weighted by atomic mass is 10.0. The molecule has 0 aliphatic carbocycles. The second-order valence-corrected chi connectivity index (χ2v) is 4.17. The van der Waals surface area contributed by atoms with E-state index in [1.807, 2.05) is 11.3 Å². The number of aryl methyl sites for hydroxylation is 2. The molecule has 1 aromatic carbocycles. The van der Waals surface area contributed by atoms with Gasteiger partial charge in [0.25, 0.3) is 0 Å². The van der Waals surface area contributed by atoms with Crippen LogP contribution in [0, 0.1) is 0 Å². The molecule has 0 fully saturated rings. The van der Waals surface area contributed by atoms with Crippen LogP contribution < -0.4 is 0 Å². The largest absolute Gasteiger partial charge is 0.144 e. The predicted octanol–water partition coefficient (Wildman–Crippen LogP) is 4.03. The van der Waals surface area contributed by atoms with E-state index in [0.717, 1.165) is 12.8 Å². The summed E-state index contributed by atoms with van der Waals surface area (Å²) in [4.78, 5) is 0. The molecule has 1 aromatic heterocycles. The Balaban J connectivity index is 2.74. The van der Waals surface area contributed by atoms with Crippen LogP contribution in [0.1, 0.15) is 25.0 Å². The lowest BCUT2D eigenvalue weighted by Gasteiger charge is -2.03. The molecule has 68 valence electrons. The van der Waals surface area contributed by atoms with E-state index in [0.29, 0.717) is 0 Å². The molecule has 0 saturated carbocycles. The highest BCUT2D eigenvalue weighted by molar-refractivity contribution is 7.17. The molecule has 1 heterocycles. The second-order valence-electron chi connectivity index (χ2n) is 3.25. The zero-order valence-corrected chi connectivity index (χ0v) is 8.95. The van der Waals surface area contributed by atoms with Crippen molar-refractivity contribution in [3.63, 3.8) is 0 Å². The van der Waals surface area contributed by atoms with Crippen LogP contribution in [0.3, 0.4) is 0 Å². The lowest BCUT2D eigenvalue weighted by Crippen LogP contribution is -1.85. The first-order valence-corrected chi connectivity index (χ1v) is 5.72. The van der Waals surface area contributed by atoms with E-state index < -0.39 is 0 Å². The highest BCUT2D eigenvalue weighted by atomic mass is 32.1. The fourth-order valence-corrected chi connectivity index (χ4v) is 2.79. The van der Waals surface area contributed by atoms with Crippen molar-refractivity contribution < 1.29 is 0 Å². The van der Waals surface area contributed by atoms with Gasteiger partial charge in [-0.2, -0.15) is 0 Å². The number of fused-ring (bicyclic) bond motifs is 1. The first-order chi connectivity index (χ1) is 6.36. The summed E-state index contributed by atoms with van der Waals surface area (Å²) in [5, 5.41) is 3.66. The summed E-state index contributed by atoms with van der Waals surface area (Å²) in [5.74, 6) is 0. The van der Waals surface area contributed by atoms with Gasteiger partial charge in [-0.3, -0.25) is 0 Å². The van der Waals surface area contributed by atoms with Crippen LogP contribution in [0.5, 0.6) is 0 Å². The fourth-order valence-electron chi connectivity index (χ4n) is 1.76. The molecule has 0 spiro atoms. The van der Waals surface area contributed by atoms with Crippen molar-refractivity contribution in [2.24, 2.45) is 0 Å². The highest BCUT2D eigenvalue weighted by Crippen LogP contribution is 2.28. The molecule has 1 heteroatoms. The normalized spacial score (nSPS) is 10.9. The van der Waals surface area contributed by atoms with Gasteiger partial charge < -0.3 is 0 Å². The first-order valence-electron chi connectivity index (χ1n) is 4.84. The molecule has 0 aliphatic rings. The van der Waals surface area contributed by atoms with Crippen LogP contribution in [0.25, 0.3) is 10.1 Å². The Morgan fingerprint density at radius 2 is 1.69 bits per heavy atom. The molecule has 0 N–H and O–H groups in total. The van der Waals surface area contributed by atoms with Crippen molar-refractivity contribution in [2.75, 3.05) is 0 Å². The third-order valence-corrected chi connectivity index (χ3v) is 3.54. The lowest BCUT2D eigenvalue weighted by molar-refractivity contribution is 1.13. The van der Waals surface area contributed by atoms with Gasteiger partial charge in [-0.05, 0) is 40.8 Å². The van der Waals surface area contributed by atoms with Gasteiger partial charge in [0.2, 0.25) is 0 Å². The van der Waals surface area contributed by atoms with Gasteiger partial charge in [0.05, 0.1) is 0 Å². The third kappa shape index (κ3) is 1.37. The Morgan fingerprint density at radius 1 is 1.00 bits per heavy atom. The standard InChI is InChI=1S/C12H14S/c1-3-9-5-6-10(4-2)12-11(9)7-8-13-12/h5-8H,3-4H2,1-2H3. The minimum absolute atomic E-state index is 1.14. The van der Waals surface area contributed by atoms with E-state index in [1.165, 1.54) is 21.2 Å². The number of hydrogen-bond acceptors (Lipinski definition) is 1. The molecular formula is C12H14S. The van der Waals surface area contributed by atoms with E-state index in [9.17, 15) is 0 Å². The average Bonchev–Trinajstić information content (AvgIpc) is 2.64. The zero-order valence-electron chi connectivity index (χ0n) is 8.13. The Bertz CT molecular complexity index is 374. The Hall–Kier alpha value is -0.820. The van der Waals surface area contributed by atoms with Crippen LogP contribution in [-0.2, 0) is 12.8 Å². The van der Waals surface area contributed by atoms with Gasteiger partial charge in [-0.25, -0.2) is 0 Å². The van der Waals surface area contributed by atoms with E-state index in [-0.39, 0.29) is 0 Å². The molecule has 0 radical (unpaired) electrons. The van der Waals surface area contributed by atoms with Gasteiger partial charge in [-0.15, -0.1) is 11.3 Å². The molecule has 0 amide bonds. The molecule has 13 heavy (non-hydrogen) atoms. The summed E-state index contributed by atoms with van der Waals surface area (Å²) in [5.41, 5.74) is 2.97. The maximum absolute atomic E-state index is 2.28. The van der Waals surface area contributed by atoms with Gasteiger partial charge >= 0.3 is 0 Å². The van der Waals surface area contributed by atoms with Crippen molar-refractivity contribution in [2.45, 2.75) is 26.7 Å². The molecule has 2 aromatic rings. The zero-order chi connectivity index (χ0) is 9.26. The summed E-state index contributed by atoms with van der Waals surface area (Å²) in [6.45, 7) is 4.44. The predicted molar refractivity (Wildman–Crippen MR) is 60.6 cm³/mol. The van der Waals surface area contributed by atoms with E-state index in [1.54, 1.807) is 0 Å². The third-order valence-electron chi connectivity index (χ3n) is 2.55. The Kier molecular flexibility index (Phi) is 2.36. The van der Waals surface area contributed by atoms with Crippen molar-refractivity contribution in [3.8, 4) is 0 Å². The average molecular weight is 190 g/mol. The number of thiophene rings is 1. The maximum atomic E-state index is 2.28. The van der Waals surface area contributed by atoms with Crippen molar-refractivity contribution in [1.82, 2.24) is 0 Å². The monoisotopic (exact) mass is 190 g/mol. The fraction of sp³-hybridized carbons (Fsp3) is 0.333.